The normalized spacial score (nSPS) is 19.3. The number of carbonyl (C=O) groups is 3. The molecule has 1 fully saturated rings. The summed E-state index contributed by atoms with van der Waals surface area (Å²) in [6, 6.07) is 11.5. The number of hydrogen-bond donors (Lipinski definition) is 2. The average Bonchev–Trinajstić information content (AvgIpc) is 3.50. The Morgan fingerprint density at radius 3 is 2.90 bits per heavy atom. The molecule has 2 N–H and O–H groups in total. The number of thiophene rings is 1. The van der Waals surface area contributed by atoms with Crippen molar-refractivity contribution in [1.29, 1.82) is 0 Å². The van der Waals surface area contributed by atoms with E-state index < -0.39 is 4.87 Å². The van der Waals surface area contributed by atoms with E-state index in [1.54, 1.807) is 16.2 Å². The number of carbonyl (C=O) groups excluding carboxylic acids is 3. The molecular formula is C21H18N4O3S3. The van der Waals surface area contributed by atoms with E-state index in [4.69, 9.17) is 0 Å². The zero-order valence-electron chi connectivity index (χ0n) is 16.5. The lowest BCUT2D eigenvalue weighted by molar-refractivity contribution is -0.121. The highest BCUT2D eigenvalue weighted by atomic mass is 32.2. The van der Waals surface area contributed by atoms with E-state index in [1.807, 2.05) is 41.8 Å². The lowest BCUT2D eigenvalue weighted by Crippen LogP contribution is -2.49. The summed E-state index contributed by atoms with van der Waals surface area (Å²) in [7, 11) is 0. The Balaban J connectivity index is 1.34. The molecule has 0 aliphatic carbocycles. The van der Waals surface area contributed by atoms with Gasteiger partial charge in [0.1, 0.15) is 0 Å². The molecule has 2 aromatic heterocycles. The van der Waals surface area contributed by atoms with E-state index in [1.165, 1.54) is 30.0 Å². The molecule has 4 heterocycles. The number of anilines is 2. The molecule has 31 heavy (non-hydrogen) atoms. The van der Waals surface area contributed by atoms with Crippen molar-refractivity contribution >= 4 is 63.0 Å². The van der Waals surface area contributed by atoms with Crippen molar-refractivity contribution < 1.29 is 14.4 Å². The first-order valence-corrected chi connectivity index (χ1v) is 12.2. The summed E-state index contributed by atoms with van der Waals surface area (Å²) in [5.41, 5.74) is 1.58. The van der Waals surface area contributed by atoms with Gasteiger partial charge in [-0.2, -0.15) is 0 Å². The van der Waals surface area contributed by atoms with Crippen molar-refractivity contribution in [2.45, 2.75) is 36.1 Å². The molecule has 0 spiro atoms. The number of hydrogen-bond acceptors (Lipinski definition) is 7. The number of aromatic nitrogens is 1. The summed E-state index contributed by atoms with van der Waals surface area (Å²) in [4.78, 5) is 45.2. The first-order chi connectivity index (χ1) is 15.0. The van der Waals surface area contributed by atoms with Gasteiger partial charge in [-0.3, -0.25) is 24.6 Å². The van der Waals surface area contributed by atoms with Crippen LogP contribution in [0, 0.1) is 0 Å². The van der Waals surface area contributed by atoms with Gasteiger partial charge in [0.05, 0.1) is 22.8 Å². The van der Waals surface area contributed by atoms with Crippen LogP contribution in [-0.4, -0.2) is 27.6 Å². The summed E-state index contributed by atoms with van der Waals surface area (Å²) in [5.74, 6) is -0.324. The van der Waals surface area contributed by atoms with E-state index in [9.17, 15) is 14.4 Å². The van der Waals surface area contributed by atoms with Crippen molar-refractivity contribution in [2.24, 2.45) is 0 Å². The number of nitrogens with zero attached hydrogens (tertiary/aromatic N) is 2. The second-order valence-corrected chi connectivity index (χ2v) is 10.6. The summed E-state index contributed by atoms with van der Waals surface area (Å²) < 4.78 is 0. The van der Waals surface area contributed by atoms with Gasteiger partial charge in [-0.05, 0) is 30.7 Å². The number of para-hydroxylation sites is 1. The zero-order valence-corrected chi connectivity index (χ0v) is 19.0. The summed E-state index contributed by atoms with van der Waals surface area (Å²) in [6.07, 6.45) is 0.816. The summed E-state index contributed by atoms with van der Waals surface area (Å²) >= 11 is 4.34. The van der Waals surface area contributed by atoms with E-state index in [0.717, 1.165) is 26.0 Å². The molecule has 7 nitrogen and oxygen atoms in total. The van der Waals surface area contributed by atoms with Crippen LogP contribution < -0.4 is 15.5 Å². The fourth-order valence-electron chi connectivity index (χ4n) is 3.76. The Labute approximate surface area is 190 Å². The first-order valence-electron chi connectivity index (χ1n) is 9.68. The molecule has 0 bridgehead atoms. The molecular weight excluding hydrogens is 452 g/mol. The molecule has 3 amide bonds. The number of fused-ring (bicyclic) bond motifs is 3. The van der Waals surface area contributed by atoms with E-state index in [2.05, 4.69) is 15.6 Å². The molecule has 1 aromatic carbocycles. The van der Waals surface area contributed by atoms with Crippen molar-refractivity contribution in [2.75, 3.05) is 10.2 Å². The van der Waals surface area contributed by atoms with Crippen LogP contribution in [0.25, 0.3) is 10.6 Å². The van der Waals surface area contributed by atoms with Crippen molar-refractivity contribution in [3.8, 4) is 10.6 Å². The summed E-state index contributed by atoms with van der Waals surface area (Å²) in [5, 5.41) is 8.12. The van der Waals surface area contributed by atoms with Crippen LogP contribution in [0.15, 0.2) is 46.7 Å². The van der Waals surface area contributed by atoms with E-state index in [-0.39, 0.29) is 17.7 Å². The van der Waals surface area contributed by atoms with E-state index >= 15 is 0 Å². The van der Waals surface area contributed by atoms with Crippen LogP contribution in [0.4, 0.5) is 10.8 Å². The van der Waals surface area contributed by atoms with Crippen molar-refractivity contribution in [3.63, 3.8) is 0 Å². The van der Waals surface area contributed by atoms with Gasteiger partial charge in [0.2, 0.25) is 11.8 Å². The van der Waals surface area contributed by atoms with Gasteiger partial charge in [0.15, 0.2) is 10.0 Å². The second kappa shape index (κ2) is 7.77. The smallest absolute Gasteiger partial charge is 0.263 e. The molecule has 0 radical (unpaired) electrons. The first kappa shape index (κ1) is 20.2. The number of benzene rings is 1. The van der Waals surface area contributed by atoms with Gasteiger partial charge in [0, 0.05) is 28.5 Å². The molecule has 1 saturated heterocycles. The Hall–Kier alpha value is -2.69. The van der Waals surface area contributed by atoms with Gasteiger partial charge in [0.25, 0.3) is 5.91 Å². The van der Waals surface area contributed by atoms with Crippen LogP contribution in [0.1, 0.15) is 24.6 Å². The third kappa shape index (κ3) is 3.54. The zero-order chi connectivity index (χ0) is 21.6. The van der Waals surface area contributed by atoms with Crippen LogP contribution in [0.2, 0.25) is 0 Å². The van der Waals surface area contributed by atoms with Gasteiger partial charge in [-0.15, -0.1) is 22.7 Å². The molecule has 2 aliphatic rings. The quantitative estimate of drug-likeness (QED) is 0.586. The van der Waals surface area contributed by atoms with Crippen LogP contribution in [0.5, 0.6) is 0 Å². The third-order valence-electron chi connectivity index (χ3n) is 5.18. The fourth-order valence-corrected chi connectivity index (χ4v) is 6.86. The van der Waals surface area contributed by atoms with Crippen LogP contribution in [0.3, 0.4) is 0 Å². The second-order valence-electron chi connectivity index (χ2n) is 7.25. The molecule has 1 atom stereocenters. The minimum absolute atomic E-state index is 0.0299. The van der Waals surface area contributed by atoms with Gasteiger partial charge < -0.3 is 5.32 Å². The Bertz CT molecular complexity index is 1200. The largest absolute Gasteiger partial charge is 0.351 e. The number of thioether (sulfide) groups is 1. The number of thiazole rings is 1. The van der Waals surface area contributed by atoms with Crippen LogP contribution >= 0.6 is 34.4 Å². The molecule has 2 aliphatic heterocycles. The Morgan fingerprint density at radius 2 is 2.06 bits per heavy atom. The maximum atomic E-state index is 13.3. The fraction of sp³-hybridized carbons (Fsp3) is 0.238. The predicted molar refractivity (Wildman–Crippen MR) is 123 cm³/mol. The Kier molecular flexibility index (Phi) is 5.07. The highest BCUT2D eigenvalue weighted by Gasteiger charge is 2.57. The topological polar surface area (TPSA) is 91.4 Å². The van der Waals surface area contributed by atoms with Crippen molar-refractivity contribution in [1.82, 2.24) is 10.3 Å². The minimum atomic E-state index is -0.957. The maximum absolute atomic E-state index is 13.3. The van der Waals surface area contributed by atoms with Gasteiger partial charge in [-0.1, -0.05) is 23.9 Å². The lowest BCUT2D eigenvalue weighted by Gasteiger charge is -2.29. The molecule has 1 unspecified atom stereocenters. The molecule has 0 saturated carbocycles. The average molecular weight is 471 g/mol. The monoisotopic (exact) mass is 470 g/mol. The predicted octanol–water partition coefficient (Wildman–Crippen LogP) is 4.08. The molecule has 158 valence electrons. The third-order valence-corrected chi connectivity index (χ3v) is 8.52. The lowest BCUT2D eigenvalue weighted by atomic mass is 10.2. The number of amides is 3. The summed E-state index contributed by atoms with van der Waals surface area (Å²) in [6.45, 7) is 1.97. The SMILES string of the molecule is CC(=O)NCc1ccc(-c2csc(NC(=O)C34CCC(=O)N3c3ccccc3S4)n2)s1. The molecule has 5 rings (SSSR count). The highest BCUT2D eigenvalue weighted by Crippen LogP contribution is 2.56. The van der Waals surface area contributed by atoms with Crippen molar-refractivity contribution in [3.05, 3.63) is 46.7 Å². The minimum Gasteiger partial charge on any atom is -0.351 e. The molecule has 3 aromatic rings. The number of nitrogens with one attached hydrogen (secondary N) is 2. The highest BCUT2D eigenvalue weighted by molar-refractivity contribution is 8.02. The number of rotatable bonds is 5. The standard InChI is InChI=1S/C21H18N4O3S3/c1-12(26)22-10-13-6-7-16(30-13)14-11-29-20(23-14)24-19(28)21-9-8-18(27)25(21)15-4-2-3-5-17(15)31-21/h2-7,11H,8-10H2,1H3,(H,22,26)(H,23,24,28). The van der Waals surface area contributed by atoms with Gasteiger partial charge >= 0.3 is 0 Å². The van der Waals surface area contributed by atoms with Gasteiger partial charge in [-0.25, -0.2) is 4.98 Å². The maximum Gasteiger partial charge on any atom is 0.263 e. The van der Waals surface area contributed by atoms with E-state index in [0.29, 0.717) is 24.5 Å². The Morgan fingerprint density at radius 1 is 1.23 bits per heavy atom. The molecule has 10 heteroatoms. The van der Waals surface area contributed by atoms with Crippen LogP contribution in [-0.2, 0) is 20.9 Å².